The van der Waals surface area contributed by atoms with Crippen LogP contribution in [0.3, 0.4) is 0 Å². The standard InChI is InChI=1S/C9H17NO3/c1-7(4-10)2-3-9(11)13-8-5-12-6-8/h7-8H,2-6,10H2,1H3. The molecule has 1 saturated heterocycles. The molecule has 1 heterocycles. The van der Waals surface area contributed by atoms with E-state index >= 15 is 0 Å². The van der Waals surface area contributed by atoms with Gasteiger partial charge in [-0.1, -0.05) is 6.92 Å². The summed E-state index contributed by atoms with van der Waals surface area (Å²) in [6.45, 7) is 3.76. The fourth-order valence-corrected chi connectivity index (χ4v) is 1.01. The first-order valence-electron chi connectivity index (χ1n) is 4.69. The topological polar surface area (TPSA) is 61.6 Å². The number of ether oxygens (including phenoxy) is 2. The van der Waals surface area contributed by atoms with Gasteiger partial charge in [-0.15, -0.1) is 0 Å². The Labute approximate surface area is 78.4 Å². The zero-order valence-electron chi connectivity index (χ0n) is 7.99. The molecule has 1 aliphatic heterocycles. The van der Waals surface area contributed by atoms with E-state index in [1.165, 1.54) is 0 Å². The Morgan fingerprint density at radius 3 is 2.85 bits per heavy atom. The van der Waals surface area contributed by atoms with Crippen LogP contribution < -0.4 is 5.73 Å². The second-order valence-electron chi connectivity index (χ2n) is 3.53. The second-order valence-corrected chi connectivity index (χ2v) is 3.53. The molecule has 4 nitrogen and oxygen atoms in total. The minimum Gasteiger partial charge on any atom is -0.457 e. The molecule has 1 fully saturated rings. The van der Waals surface area contributed by atoms with E-state index in [0.29, 0.717) is 32.1 Å². The third-order valence-corrected chi connectivity index (χ3v) is 2.15. The first-order chi connectivity index (χ1) is 6.22. The Balaban J connectivity index is 2.03. The van der Waals surface area contributed by atoms with Crippen molar-refractivity contribution in [1.29, 1.82) is 0 Å². The molecule has 0 saturated carbocycles. The summed E-state index contributed by atoms with van der Waals surface area (Å²) in [5.74, 6) is 0.263. The molecule has 0 bridgehead atoms. The van der Waals surface area contributed by atoms with Crippen molar-refractivity contribution in [2.45, 2.75) is 25.9 Å². The van der Waals surface area contributed by atoms with Crippen molar-refractivity contribution in [3.05, 3.63) is 0 Å². The van der Waals surface area contributed by atoms with Gasteiger partial charge in [-0.25, -0.2) is 0 Å². The van der Waals surface area contributed by atoms with Gasteiger partial charge in [-0.2, -0.15) is 0 Å². The molecule has 2 N–H and O–H groups in total. The number of hydrogen-bond donors (Lipinski definition) is 1. The van der Waals surface area contributed by atoms with Crippen molar-refractivity contribution in [3.8, 4) is 0 Å². The van der Waals surface area contributed by atoms with E-state index in [-0.39, 0.29) is 12.1 Å². The van der Waals surface area contributed by atoms with Crippen LogP contribution in [0.4, 0.5) is 0 Å². The van der Waals surface area contributed by atoms with E-state index in [4.69, 9.17) is 15.2 Å². The minimum absolute atomic E-state index is 0.000632. The summed E-state index contributed by atoms with van der Waals surface area (Å²) in [6, 6.07) is 0. The van der Waals surface area contributed by atoms with Crippen molar-refractivity contribution in [1.82, 2.24) is 0 Å². The average molecular weight is 187 g/mol. The van der Waals surface area contributed by atoms with Gasteiger partial charge in [-0.3, -0.25) is 4.79 Å². The largest absolute Gasteiger partial charge is 0.457 e. The van der Waals surface area contributed by atoms with E-state index in [2.05, 4.69) is 0 Å². The van der Waals surface area contributed by atoms with Gasteiger partial charge in [-0.05, 0) is 18.9 Å². The zero-order chi connectivity index (χ0) is 9.68. The summed E-state index contributed by atoms with van der Waals surface area (Å²) in [5, 5.41) is 0. The lowest BCUT2D eigenvalue weighted by molar-refractivity contribution is -0.172. The molecule has 0 aromatic rings. The number of carbonyl (C=O) groups excluding carboxylic acids is 1. The summed E-state index contributed by atoms with van der Waals surface area (Å²) >= 11 is 0. The highest BCUT2D eigenvalue weighted by atomic mass is 16.6. The van der Waals surface area contributed by atoms with Gasteiger partial charge >= 0.3 is 5.97 Å². The van der Waals surface area contributed by atoms with Gasteiger partial charge in [0.05, 0.1) is 13.2 Å². The molecule has 13 heavy (non-hydrogen) atoms. The number of esters is 1. The molecule has 1 rings (SSSR count). The highest BCUT2D eigenvalue weighted by Gasteiger charge is 2.22. The third-order valence-electron chi connectivity index (χ3n) is 2.15. The molecule has 76 valence electrons. The number of nitrogens with two attached hydrogens (primary N) is 1. The van der Waals surface area contributed by atoms with Crippen molar-refractivity contribution in [2.24, 2.45) is 11.7 Å². The predicted molar refractivity (Wildman–Crippen MR) is 48.2 cm³/mol. The maximum Gasteiger partial charge on any atom is 0.306 e. The van der Waals surface area contributed by atoms with Crippen LogP contribution in [0.25, 0.3) is 0 Å². The SMILES string of the molecule is CC(CN)CCC(=O)OC1COC1. The number of carbonyl (C=O) groups is 1. The van der Waals surface area contributed by atoms with Crippen LogP contribution >= 0.6 is 0 Å². The molecule has 0 aromatic heterocycles. The van der Waals surface area contributed by atoms with Gasteiger partial charge < -0.3 is 15.2 Å². The minimum atomic E-state index is -0.131. The molecule has 1 atom stereocenters. The number of rotatable bonds is 5. The van der Waals surface area contributed by atoms with Crippen molar-refractivity contribution in [2.75, 3.05) is 19.8 Å². The van der Waals surface area contributed by atoms with E-state index in [1.807, 2.05) is 6.92 Å². The van der Waals surface area contributed by atoms with Crippen molar-refractivity contribution in [3.63, 3.8) is 0 Å². The monoisotopic (exact) mass is 187 g/mol. The molecule has 0 amide bonds. The van der Waals surface area contributed by atoms with Gasteiger partial charge in [0.25, 0.3) is 0 Å². The summed E-state index contributed by atoms with van der Waals surface area (Å²) in [4.78, 5) is 11.1. The van der Waals surface area contributed by atoms with Gasteiger partial charge in [0.2, 0.25) is 0 Å². The summed E-state index contributed by atoms with van der Waals surface area (Å²) in [6.07, 6.45) is 1.28. The van der Waals surface area contributed by atoms with E-state index < -0.39 is 0 Å². The normalized spacial score (nSPS) is 19.2. The highest BCUT2D eigenvalue weighted by molar-refractivity contribution is 5.69. The molecule has 0 radical (unpaired) electrons. The van der Waals surface area contributed by atoms with Crippen LogP contribution in [-0.2, 0) is 14.3 Å². The molecule has 0 aliphatic carbocycles. The van der Waals surface area contributed by atoms with E-state index in [9.17, 15) is 4.79 Å². The first-order valence-corrected chi connectivity index (χ1v) is 4.69. The van der Waals surface area contributed by atoms with Crippen LogP contribution in [0.5, 0.6) is 0 Å². The van der Waals surface area contributed by atoms with Crippen LogP contribution in [-0.4, -0.2) is 31.8 Å². The third kappa shape index (κ3) is 3.74. The maximum atomic E-state index is 11.1. The second kappa shape index (κ2) is 5.19. The Hall–Kier alpha value is -0.610. The molecular formula is C9H17NO3. The Bertz CT molecular complexity index is 168. The van der Waals surface area contributed by atoms with Crippen molar-refractivity contribution >= 4 is 5.97 Å². The van der Waals surface area contributed by atoms with Crippen LogP contribution in [0.2, 0.25) is 0 Å². The van der Waals surface area contributed by atoms with Gasteiger partial charge in [0.1, 0.15) is 6.10 Å². The molecule has 0 spiro atoms. The van der Waals surface area contributed by atoms with E-state index in [1.54, 1.807) is 0 Å². The highest BCUT2D eigenvalue weighted by Crippen LogP contribution is 2.09. The lowest BCUT2D eigenvalue weighted by atomic mass is 10.1. The molecule has 4 heteroatoms. The molecule has 1 aliphatic rings. The van der Waals surface area contributed by atoms with E-state index in [0.717, 1.165) is 6.42 Å². The smallest absolute Gasteiger partial charge is 0.306 e. The predicted octanol–water partition coefficient (Wildman–Crippen LogP) is 0.303. The lowest BCUT2D eigenvalue weighted by Crippen LogP contribution is -2.37. The van der Waals surface area contributed by atoms with Gasteiger partial charge in [0.15, 0.2) is 0 Å². The average Bonchev–Trinajstić information content (AvgIpc) is 2.07. The Morgan fingerprint density at radius 2 is 2.38 bits per heavy atom. The first kappa shape index (κ1) is 10.5. The summed E-state index contributed by atoms with van der Waals surface area (Å²) in [5.41, 5.74) is 5.42. The maximum absolute atomic E-state index is 11.1. The zero-order valence-corrected chi connectivity index (χ0v) is 7.99. The van der Waals surface area contributed by atoms with Crippen LogP contribution in [0.1, 0.15) is 19.8 Å². The number of hydrogen-bond acceptors (Lipinski definition) is 4. The quantitative estimate of drug-likeness (QED) is 0.629. The summed E-state index contributed by atoms with van der Waals surface area (Å²) in [7, 11) is 0. The summed E-state index contributed by atoms with van der Waals surface area (Å²) < 4.78 is 9.96. The van der Waals surface area contributed by atoms with Crippen LogP contribution in [0, 0.1) is 5.92 Å². The lowest BCUT2D eigenvalue weighted by Gasteiger charge is -2.25. The van der Waals surface area contributed by atoms with Crippen LogP contribution in [0.15, 0.2) is 0 Å². The Kier molecular flexibility index (Phi) is 4.18. The molecule has 0 aromatic carbocycles. The van der Waals surface area contributed by atoms with Gasteiger partial charge in [0, 0.05) is 6.42 Å². The Morgan fingerprint density at radius 1 is 1.69 bits per heavy atom. The molecule has 1 unspecified atom stereocenters. The fraction of sp³-hybridized carbons (Fsp3) is 0.889. The molecular weight excluding hydrogens is 170 g/mol. The van der Waals surface area contributed by atoms with Crippen molar-refractivity contribution < 1.29 is 14.3 Å². The fourth-order valence-electron chi connectivity index (χ4n) is 1.01.